The predicted molar refractivity (Wildman–Crippen MR) is 123 cm³/mol. The predicted octanol–water partition coefficient (Wildman–Crippen LogP) is 5.20. The van der Waals surface area contributed by atoms with Crippen LogP contribution < -0.4 is 5.73 Å². The number of benzene rings is 3. The largest absolute Gasteiger partial charge is 0.508 e. The Bertz CT molecular complexity index is 975. The first-order valence-corrected chi connectivity index (χ1v) is 9.90. The van der Waals surface area contributed by atoms with Crippen LogP contribution >= 0.6 is 0 Å². The molecule has 0 aliphatic rings. The van der Waals surface area contributed by atoms with Gasteiger partial charge in [0.1, 0.15) is 17.2 Å². The van der Waals surface area contributed by atoms with Crippen molar-refractivity contribution in [1.82, 2.24) is 0 Å². The number of aromatic hydroxyl groups is 3. The number of anilines is 1. The molecule has 6 nitrogen and oxygen atoms in total. The Kier molecular flexibility index (Phi) is 8.98. The van der Waals surface area contributed by atoms with Gasteiger partial charge >= 0.3 is 5.97 Å². The van der Waals surface area contributed by atoms with Crippen molar-refractivity contribution in [1.29, 1.82) is 0 Å². The summed E-state index contributed by atoms with van der Waals surface area (Å²) in [6.07, 6.45) is 5.52. The normalized spacial score (nSPS) is 10.4. The molecule has 0 radical (unpaired) electrons. The van der Waals surface area contributed by atoms with Gasteiger partial charge in [-0.05, 0) is 66.1 Å². The summed E-state index contributed by atoms with van der Waals surface area (Å²) in [5.74, 6) is -0.0127. The number of hydrogen-bond acceptors (Lipinski definition) is 6. The van der Waals surface area contributed by atoms with Gasteiger partial charge in [-0.3, -0.25) is 0 Å². The van der Waals surface area contributed by atoms with Gasteiger partial charge in [-0.15, -0.1) is 0 Å². The van der Waals surface area contributed by atoms with Crippen LogP contribution in [-0.2, 0) is 4.74 Å². The maximum Gasteiger partial charge on any atom is 0.338 e. The highest BCUT2D eigenvalue weighted by molar-refractivity contribution is 5.89. The molecule has 5 N–H and O–H groups in total. The third kappa shape index (κ3) is 8.53. The van der Waals surface area contributed by atoms with E-state index < -0.39 is 0 Å². The molecule has 0 bridgehead atoms. The van der Waals surface area contributed by atoms with E-state index in [1.807, 2.05) is 6.08 Å². The summed E-state index contributed by atoms with van der Waals surface area (Å²) in [5.41, 5.74) is 8.32. The molecule has 0 saturated heterocycles. The van der Waals surface area contributed by atoms with Crippen LogP contribution in [0, 0.1) is 0 Å². The van der Waals surface area contributed by atoms with Crippen LogP contribution in [0.3, 0.4) is 0 Å². The van der Waals surface area contributed by atoms with Gasteiger partial charge in [0.05, 0.1) is 12.2 Å². The maximum atomic E-state index is 11.4. The van der Waals surface area contributed by atoms with Crippen LogP contribution in [0.25, 0.3) is 12.2 Å². The summed E-state index contributed by atoms with van der Waals surface area (Å²) in [5, 5.41) is 27.7. The minimum absolute atomic E-state index is 0.0235. The average Bonchev–Trinajstić information content (AvgIpc) is 2.74. The lowest BCUT2D eigenvalue weighted by molar-refractivity contribution is 0.0500. The lowest BCUT2D eigenvalue weighted by Crippen LogP contribution is -2.06. The highest BCUT2D eigenvalue weighted by atomic mass is 16.5. The molecule has 162 valence electrons. The molecule has 0 atom stereocenters. The molecule has 0 aliphatic heterocycles. The van der Waals surface area contributed by atoms with Crippen LogP contribution in [0.15, 0.2) is 66.7 Å². The fourth-order valence-corrected chi connectivity index (χ4v) is 2.50. The van der Waals surface area contributed by atoms with Crippen molar-refractivity contribution in [2.24, 2.45) is 0 Å². The van der Waals surface area contributed by atoms with Crippen molar-refractivity contribution in [3.8, 4) is 17.2 Å². The van der Waals surface area contributed by atoms with Gasteiger partial charge in [-0.1, -0.05) is 37.6 Å². The van der Waals surface area contributed by atoms with Crippen molar-refractivity contribution < 1.29 is 24.9 Å². The Labute approximate surface area is 181 Å². The van der Waals surface area contributed by atoms with Crippen molar-refractivity contribution in [3.05, 3.63) is 83.4 Å². The molecule has 3 aromatic rings. The van der Waals surface area contributed by atoms with E-state index in [1.165, 1.54) is 6.07 Å². The van der Waals surface area contributed by atoms with Gasteiger partial charge in [0.2, 0.25) is 0 Å². The topological polar surface area (TPSA) is 113 Å². The number of carbonyl (C=O) groups is 1. The molecule has 6 heteroatoms. The second kappa shape index (κ2) is 11.9. The van der Waals surface area contributed by atoms with Crippen LogP contribution in [0.1, 0.15) is 41.3 Å². The summed E-state index contributed by atoms with van der Waals surface area (Å²) < 4.78 is 5.03. The van der Waals surface area contributed by atoms with Crippen LogP contribution in [0.2, 0.25) is 0 Å². The third-order valence-electron chi connectivity index (χ3n) is 4.16. The Morgan fingerprint density at radius 3 is 2.00 bits per heavy atom. The first-order chi connectivity index (χ1) is 14.9. The molecule has 0 aliphatic carbocycles. The molecule has 0 heterocycles. The smallest absolute Gasteiger partial charge is 0.338 e. The van der Waals surface area contributed by atoms with E-state index >= 15 is 0 Å². The molecule has 0 amide bonds. The molecule has 0 aromatic heterocycles. The van der Waals surface area contributed by atoms with Crippen molar-refractivity contribution in [2.75, 3.05) is 12.3 Å². The number of hydrogen-bond donors (Lipinski definition) is 4. The molecule has 3 aromatic carbocycles. The monoisotopic (exact) mass is 421 g/mol. The second-order valence-electron chi connectivity index (χ2n) is 6.82. The molecular formula is C25H27NO5. The number of nitrogen functional groups attached to an aromatic ring is 1. The minimum Gasteiger partial charge on any atom is -0.508 e. The van der Waals surface area contributed by atoms with E-state index in [0.717, 1.165) is 18.4 Å². The Morgan fingerprint density at radius 1 is 0.839 bits per heavy atom. The second-order valence-corrected chi connectivity index (χ2v) is 6.82. The number of unbranched alkanes of at least 4 members (excludes halogenated alkanes) is 1. The number of phenolic OH excluding ortho intramolecular Hbond substituents is 3. The zero-order valence-electron chi connectivity index (χ0n) is 17.4. The Morgan fingerprint density at radius 2 is 1.42 bits per heavy atom. The standard InChI is InChI=1S/C14H12O3.C11H15NO2/c15-12-5-3-10(4-6-12)1-2-11-7-13(16)9-14(17)8-11;1-2-3-8-14-11(13)9-4-6-10(12)7-5-9/h1-9,15-17H;4-7H,2-3,8,12H2,1H3. The third-order valence-corrected chi connectivity index (χ3v) is 4.16. The summed E-state index contributed by atoms with van der Waals surface area (Å²) >= 11 is 0. The highest BCUT2D eigenvalue weighted by Gasteiger charge is 2.05. The quantitative estimate of drug-likeness (QED) is 0.188. The number of phenols is 3. The number of carbonyl (C=O) groups excluding carboxylic acids is 1. The number of rotatable bonds is 6. The Hall–Kier alpha value is -3.93. The van der Waals surface area contributed by atoms with E-state index in [4.69, 9.17) is 15.6 Å². The molecular weight excluding hydrogens is 394 g/mol. The Balaban J connectivity index is 0.000000225. The fraction of sp³-hybridized carbons (Fsp3) is 0.160. The van der Waals surface area contributed by atoms with E-state index in [9.17, 15) is 15.0 Å². The molecule has 0 spiro atoms. The summed E-state index contributed by atoms with van der Waals surface area (Å²) in [4.78, 5) is 11.4. The van der Waals surface area contributed by atoms with E-state index in [2.05, 4.69) is 6.92 Å². The van der Waals surface area contributed by atoms with Crippen LogP contribution in [0.5, 0.6) is 17.2 Å². The van der Waals surface area contributed by atoms with Crippen molar-refractivity contribution in [3.63, 3.8) is 0 Å². The first kappa shape index (κ1) is 23.3. The minimum atomic E-state index is -0.279. The average molecular weight is 421 g/mol. The summed E-state index contributed by atoms with van der Waals surface area (Å²) in [6, 6.07) is 17.8. The van der Waals surface area contributed by atoms with E-state index in [0.29, 0.717) is 23.4 Å². The summed E-state index contributed by atoms with van der Waals surface area (Å²) in [7, 11) is 0. The van der Waals surface area contributed by atoms with Gasteiger partial charge < -0.3 is 25.8 Å². The van der Waals surface area contributed by atoms with Gasteiger partial charge in [0.25, 0.3) is 0 Å². The number of esters is 1. The lowest BCUT2D eigenvalue weighted by Gasteiger charge is -2.03. The molecule has 0 fully saturated rings. The first-order valence-electron chi connectivity index (χ1n) is 9.90. The van der Waals surface area contributed by atoms with Crippen LogP contribution in [-0.4, -0.2) is 27.9 Å². The van der Waals surface area contributed by atoms with Crippen molar-refractivity contribution in [2.45, 2.75) is 19.8 Å². The number of nitrogens with two attached hydrogens (primary N) is 1. The SMILES string of the molecule is CCCCOC(=O)c1ccc(N)cc1.Oc1ccc(C=Cc2cc(O)cc(O)c2)cc1. The zero-order valence-corrected chi connectivity index (χ0v) is 17.4. The van der Waals surface area contributed by atoms with Gasteiger partial charge in [-0.2, -0.15) is 0 Å². The van der Waals surface area contributed by atoms with Gasteiger partial charge in [0.15, 0.2) is 0 Å². The lowest BCUT2D eigenvalue weighted by atomic mass is 10.1. The molecule has 0 unspecified atom stereocenters. The highest BCUT2D eigenvalue weighted by Crippen LogP contribution is 2.22. The van der Waals surface area contributed by atoms with E-state index in [1.54, 1.807) is 66.7 Å². The van der Waals surface area contributed by atoms with E-state index in [-0.39, 0.29) is 23.2 Å². The van der Waals surface area contributed by atoms with Crippen molar-refractivity contribution >= 4 is 23.8 Å². The molecule has 0 saturated carbocycles. The summed E-state index contributed by atoms with van der Waals surface area (Å²) in [6.45, 7) is 2.54. The van der Waals surface area contributed by atoms with Gasteiger partial charge in [0, 0.05) is 11.8 Å². The molecule has 3 rings (SSSR count). The van der Waals surface area contributed by atoms with Crippen LogP contribution in [0.4, 0.5) is 5.69 Å². The fourth-order valence-electron chi connectivity index (χ4n) is 2.50. The number of ether oxygens (including phenoxy) is 1. The zero-order chi connectivity index (χ0) is 22.6. The maximum absolute atomic E-state index is 11.4. The molecule has 31 heavy (non-hydrogen) atoms. The van der Waals surface area contributed by atoms with Gasteiger partial charge in [-0.25, -0.2) is 4.79 Å².